The largest absolute Gasteiger partial charge is 0.477 e. The lowest BCUT2D eigenvalue weighted by Gasteiger charge is -2.37. The molecule has 0 unspecified atom stereocenters. The molecule has 184 valence electrons. The smallest absolute Gasteiger partial charge is 0.341 e. The Hall–Kier alpha value is -3.88. The summed E-state index contributed by atoms with van der Waals surface area (Å²) in [6, 6.07) is 4.77. The normalized spacial score (nSPS) is 16.2. The average molecular weight is 479 g/mol. The molecule has 0 radical (unpaired) electrons. The first-order chi connectivity index (χ1) is 16.5. The minimum Gasteiger partial charge on any atom is -0.477 e. The van der Waals surface area contributed by atoms with Gasteiger partial charge in [-0.2, -0.15) is 0 Å². The number of fused-ring (bicyclic) bond motifs is 1. The van der Waals surface area contributed by atoms with Crippen LogP contribution >= 0.6 is 0 Å². The number of anilines is 2. The number of aryl methyl sites for hydroxylation is 1. The highest BCUT2D eigenvalue weighted by molar-refractivity contribution is 5.96. The number of hydrogen-bond acceptors (Lipinski definition) is 7. The second-order valence-electron chi connectivity index (χ2n) is 9.88. The zero-order valence-electron chi connectivity index (χ0n) is 20.4. The summed E-state index contributed by atoms with van der Waals surface area (Å²) >= 11 is 0. The number of hydrogen-bond donors (Lipinski definition) is 2. The van der Waals surface area contributed by atoms with Gasteiger partial charge in [0.1, 0.15) is 11.1 Å². The Morgan fingerprint density at radius 3 is 2.57 bits per heavy atom. The van der Waals surface area contributed by atoms with Gasteiger partial charge in [-0.15, -0.1) is 5.10 Å². The molecule has 4 rings (SSSR count). The van der Waals surface area contributed by atoms with E-state index in [1.54, 1.807) is 12.1 Å². The molecule has 9 nitrogen and oxygen atoms in total. The fraction of sp³-hybridized carbons (Fsp3) is 0.385. The summed E-state index contributed by atoms with van der Waals surface area (Å²) in [6.45, 7) is 13.2. The zero-order valence-corrected chi connectivity index (χ0v) is 20.4. The SMILES string of the molecule is C=CC(=O)n1cc(C(=O)O)c(N[C@H](C)c2cc(C)cc3c(=O)cc(N4CCC(C)(C)CC4)oc23)n1. The van der Waals surface area contributed by atoms with E-state index in [1.807, 2.05) is 19.9 Å². The van der Waals surface area contributed by atoms with Gasteiger partial charge >= 0.3 is 5.97 Å². The molecular weight excluding hydrogens is 448 g/mol. The predicted octanol–water partition coefficient (Wildman–Crippen LogP) is 4.62. The number of benzene rings is 1. The van der Waals surface area contributed by atoms with Crippen LogP contribution in [0.3, 0.4) is 0 Å². The van der Waals surface area contributed by atoms with Crippen molar-refractivity contribution in [2.24, 2.45) is 5.41 Å². The third-order valence-electron chi connectivity index (χ3n) is 6.58. The molecule has 2 aromatic heterocycles. The first-order valence-electron chi connectivity index (χ1n) is 11.6. The Bertz CT molecular complexity index is 1370. The maximum absolute atomic E-state index is 13.1. The number of rotatable bonds is 6. The predicted molar refractivity (Wildman–Crippen MR) is 134 cm³/mol. The number of aromatic carboxylic acids is 1. The first kappa shape index (κ1) is 24.3. The van der Waals surface area contributed by atoms with Gasteiger partial charge < -0.3 is 19.7 Å². The summed E-state index contributed by atoms with van der Waals surface area (Å²) in [6.07, 6.45) is 4.19. The van der Waals surface area contributed by atoms with Crippen molar-refractivity contribution in [1.29, 1.82) is 0 Å². The average Bonchev–Trinajstić information content (AvgIpc) is 3.22. The molecule has 0 amide bonds. The van der Waals surface area contributed by atoms with Crippen molar-refractivity contribution in [3.8, 4) is 0 Å². The lowest BCUT2D eigenvalue weighted by Crippen LogP contribution is -2.37. The van der Waals surface area contributed by atoms with Crippen LogP contribution in [0, 0.1) is 12.3 Å². The van der Waals surface area contributed by atoms with Crippen molar-refractivity contribution in [2.75, 3.05) is 23.3 Å². The number of nitrogens with zero attached hydrogens (tertiary/aromatic N) is 3. The Kier molecular flexibility index (Phi) is 6.27. The molecule has 0 spiro atoms. The van der Waals surface area contributed by atoms with Crippen LogP contribution in [0.15, 0.2) is 46.3 Å². The molecule has 0 aliphatic carbocycles. The van der Waals surface area contributed by atoms with Crippen LogP contribution in [0.4, 0.5) is 11.7 Å². The molecule has 1 fully saturated rings. The van der Waals surface area contributed by atoms with Crippen molar-refractivity contribution in [2.45, 2.75) is 46.6 Å². The number of nitrogens with one attached hydrogen (secondary N) is 1. The van der Waals surface area contributed by atoms with Crippen molar-refractivity contribution in [1.82, 2.24) is 9.78 Å². The summed E-state index contributed by atoms with van der Waals surface area (Å²) in [7, 11) is 0. The van der Waals surface area contributed by atoms with Gasteiger partial charge in [-0.05, 0) is 49.8 Å². The van der Waals surface area contributed by atoms with Gasteiger partial charge in [-0.1, -0.05) is 26.5 Å². The van der Waals surface area contributed by atoms with E-state index < -0.39 is 17.9 Å². The van der Waals surface area contributed by atoms with E-state index in [9.17, 15) is 19.5 Å². The summed E-state index contributed by atoms with van der Waals surface area (Å²) in [5.74, 6) is -1.21. The second kappa shape index (κ2) is 9.05. The fourth-order valence-corrected chi connectivity index (χ4v) is 4.36. The summed E-state index contributed by atoms with van der Waals surface area (Å²) < 4.78 is 7.24. The van der Waals surface area contributed by atoms with Crippen molar-refractivity contribution >= 4 is 34.5 Å². The van der Waals surface area contributed by atoms with Crippen molar-refractivity contribution in [3.63, 3.8) is 0 Å². The molecule has 0 saturated carbocycles. The highest BCUT2D eigenvalue weighted by Crippen LogP contribution is 2.34. The third-order valence-corrected chi connectivity index (χ3v) is 6.58. The van der Waals surface area contributed by atoms with Crippen molar-refractivity contribution < 1.29 is 19.1 Å². The fourth-order valence-electron chi connectivity index (χ4n) is 4.36. The molecule has 35 heavy (non-hydrogen) atoms. The second-order valence-corrected chi connectivity index (χ2v) is 9.88. The van der Waals surface area contributed by atoms with Crippen LogP contribution in [-0.4, -0.2) is 39.9 Å². The highest BCUT2D eigenvalue weighted by Gasteiger charge is 2.27. The van der Waals surface area contributed by atoms with Crippen molar-refractivity contribution in [3.05, 3.63) is 64.0 Å². The van der Waals surface area contributed by atoms with Gasteiger partial charge in [0, 0.05) is 24.7 Å². The van der Waals surface area contributed by atoms with Crippen LogP contribution in [0.25, 0.3) is 11.0 Å². The Morgan fingerprint density at radius 2 is 1.94 bits per heavy atom. The summed E-state index contributed by atoms with van der Waals surface area (Å²) in [4.78, 5) is 38.9. The molecular formula is C26H30N4O5. The lowest BCUT2D eigenvalue weighted by atomic mass is 9.83. The summed E-state index contributed by atoms with van der Waals surface area (Å²) in [5.41, 5.74) is 1.98. The monoisotopic (exact) mass is 478 g/mol. The van der Waals surface area contributed by atoms with E-state index in [0.717, 1.165) is 48.4 Å². The maximum atomic E-state index is 13.1. The first-order valence-corrected chi connectivity index (χ1v) is 11.6. The van der Waals surface area contributed by atoms with E-state index in [-0.39, 0.29) is 22.2 Å². The molecule has 0 bridgehead atoms. The minimum absolute atomic E-state index is 0.0339. The van der Waals surface area contributed by atoms with Crippen LogP contribution in [0.1, 0.15) is 65.9 Å². The number of aromatic nitrogens is 2. The maximum Gasteiger partial charge on any atom is 0.341 e. The Labute approximate surface area is 203 Å². The lowest BCUT2D eigenvalue weighted by molar-refractivity contribution is 0.0698. The molecule has 1 aromatic carbocycles. The highest BCUT2D eigenvalue weighted by atomic mass is 16.4. The number of carboxylic acid groups (broad SMARTS) is 1. The van der Waals surface area contributed by atoms with Gasteiger partial charge in [0.15, 0.2) is 17.1 Å². The van der Waals surface area contributed by atoms with E-state index in [0.29, 0.717) is 22.4 Å². The molecule has 1 aliphatic rings. The van der Waals surface area contributed by atoms with E-state index in [4.69, 9.17) is 4.42 Å². The minimum atomic E-state index is -1.22. The van der Waals surface area contributed by atoms with Crippen LogP contribution in [-0.2, 0) is 0 Å². The molecule has 2 N–H and O–H groups in total. The van der Waals surface area contributed by atoms with Gasteiger partial charge in [-0.3, -0.25) is 9.59 Å². The standard InChI is InChI=1S/C26H30N4O5/c1-6-21(32)30-14-19(25(33)34)24(28-30)27-16(3)17-11-15(2)12-18-20(31)13-22(35-23(17)18)29-9-7-26(4,5)8-10-29/h6,11-14,16H,1,7-10H2,2-5H3,(H,27,28)(H,33,34)/t16-/m1/s1. The number of piperidine rings is 1. The number of carbonyl (C=O) groups excluding carboxylic acids is 1. The molecule has 3 heterocycles. The van der Waals surface area contributed by atoms with Gasteiger partial charge in [0.2, 0.25) is 0 Å². The van der Waals surface area contributed by atoms with Crippen LogP contribution < -0.4 is 15.6 Å². The molecule has 1 aliphatic heterocycles. The number of carbonyl (C=O) groups is 2. The topological polar surface area (TPSA) is 118 Å². The van der Waals surface area contributed by atoms with E-state index >= 15 is 0 Å². The van der Waals surface area contributed by atoms with Gasteiger partial charge in [0.25, 0.3) is 5.91 Å². The third kappa shape index (κ3) is 4.84. The molecule has 1 saturated heterocycles. The quantitative estimate of drug-likeness (QED) is 0.493. The van der Waals surface area contributed by atoms with Gasteiger partial charge in [-0.25, -0.2) is 9.48 Å². The van der Waals surface area contributed by atoms with Crippen LogP contribution in [0.2, 0.25) is 0 Å². The molecule has 3 aromatic rings. The Morgan fingerprint density at radius 1 is 1.26 bits per heavy atom. The molecule has 9 heteroatoms. The van der Waals surface area contributed by atoms with E-state index in [1.165, 1.54) is 0 Å². The number of carboxylic acids is 1. The number of allylic oxidation sites excluding steroid dienone is 1. The Balaban J connectivity index is 1.75. The zero-order chi connectivity index (χ0) is 25.5. The van der Waals surface area contributed by atoms with Crippen LogP contribution in [0.5, 0.6) is 0 Å². The van der Waals surface area contributed by atoms with E-state index in [2.05, 4.69) is 35.7 Å². The van der Waals surface area contributed by atoms with Gasteiger partial charge in [0.05, 0.1) is 17.6 Å². The summed E-state index contributed by atoms with van der Waals surface area (Å²) in [5, 5.41) is 17.2. The molecule has 1 atom stereocenters.